The second-order valence-corrected chi connectivity index (χ2v) is 5.13. The number of carbonyl (C=O) groups is 1. The lowest BCUT2D eigenvalue weighted by molar-refractivity contribution is -0.123. The number of hydrogen-bond acceptors (Lipinski definition) is 4. The van der Waals surface area contributed by atoms with E-state index < -0.39 is 0 Å². The number of amides is 1. The Morgan fingerprint density at radius 2 is 2.33 bits per heavy atom. The number of hydrogen-bond donors (Lipinski definition) is 1. The van der Waals surface area contributed by atoms with E-state index in [-0.39, 0.29) is 12.5 Å². The number of benzene rings is 1. The van der Waals surface area contributed by atoms with Crippen molar-refractivity contribution in [3.63, 3.8) is 0 Å². The summed E-state index contributed by atoms with van der Waals surface area (Å²) in [6.45, 7) is 1.86. The zero-order valence-corrected chi connectivity index (χ0v) is 13.0. The van der Waals surface area contributed by atoms with E-state index >= 15 is 0 Å². The maximum Gasteiger partial charge on any atom is 0.277 e. The minimum atomic E-state index is -0.323. The van der Waals surface area contributed by atoms with E-state index in [4.69, 9.17) is 4.74 Å². The van der Waals surface area contributed by atoms with E-state index in [9.17, 15) is 4.79 Å². The van der Waals surface area contributed by atoms with Crippen molar-refractivity contribution in [2.75, 3.05) is 6.61 Å². The van der Waals surface area contributed by atoms with Gasteiger partial charge in [0.25, 0.3) is 5.91 Å². The van der Waals surface area contributed by atoms with Gasteiger partial charge in [0.1, 0.15) is 5.75 Å². The maximum atomic E-state index is 11.6. The van der Waals surface area contributed by atoms with Crippen LogP contribution < -0.4 is 10.2 Å². The van der Waals surface area contributed by atoms with Crippen molar-refractivity contribution >= 4 is 28.1 Å². The van der Waals surface area contributed by atoms with E-state index in [0.29, 0.717) is 5.75 Å². The summed E-state index contributed by atoms with van der Waals surface area (Å²) in [4.78, 5) is 15.5. The molecule has 0 saturated carbocycles. The number of halogens is 1. The second-order valence-electron chi connectivity index (χ2n) is 4.28. The predicted octanol–water partition coefficient (Wildman–Crippen LogP) is 2.68. The smallest absolute Gasteiger partial charge is 0.277 e. The van der Waals surface area contributed by atoms with Crippen LogP contribution in [0.3, 0.4) is 0 Å². The number of nitrogens with one attached hydrogen (secondary N) is 1. The predicted molar refractivity (Wildman–Crippen MR) is 84.3 cm³/mol. The van der Waals surface area contributed by atoms with Gasteiger partial charge < -0.3 is 4.74 Å². The lowest BCUT2D eigenvalue weighted by atomic mass is 10.2. The molecule has 2 rings (SSSR count). The Labute approximate surface area is 131 Å². The molecule has 1 aromatic heterocycles. The molecule has 2 aromatic rings. The number of rotatable bonds is 5. The summed E-state index contributed by atoms with van der Waals surface area (Å²) < 4.78 is 6.39. The number of aryl methyl sites for hydroxylation is 1. The van der Waals surface area contributed by atoms with Gasteiger partial charge in [0.05, 0.1) is 6.21 Å². The first kappa shape index (κ1) is 15.2. The van der Waals surface area contributed by atoms with E-state index in [1.54, 1.807) is 24.5 Å². The van der Waals surface area contributed by atoms with Gasteiger partial charge in [-0.15, -0.1) is 0 Å². The van der Waals surface area contributed by atoms with Crippen molar-refractivity contribution in [3.8, 4) is 5.75 Å². The zero-order valence-electron chi connectivity index (χ0n) is 11.4. The van der Waals surface area contributed by atoms with E-state index in [1.807, 2.05) is 25.1 Å². The Morgan fingerprint density at radius 3 is 3.05 bits per heavy atom. The highest BCUT2D eigenvalue weighted by molar-refractivity contribution is 9.10. The van der Waals surface area contributed by atoms with Crippen molar-refractivity contribution in [2.45, 2.75) is 6.92 Å². The number of carbonyl (C=O) groups excluding carboxylic acids is 1. The molecule has 1 amide bonds. The van der Waals surface area contributed by atoms with Crippen molar-refractivity contribution < 1.29 is 9.53 Å². The fraction of sp³-hybridized carbons (Fsp3) is 0.133. The molecule has 0 aliphatic carbocycles. The highest BCUT2D eigenvalue weighted by Gasteiger charge is 2.02. The minimum Gasteiger partial charge on any atom is -0.484 e. The number of aromatic nitrogens is 1. The molecule has 0 atom stereocenters. The second kappa shape index (κ2) is 7.54. The van der Waals surface area contributed by atoms with Crippen LogP contribution >= 0.6 is 15.9 Å². The van der Waals surface area contributed by atoms with E-state index in [0.717, 1.165) is 15.6 Å². The Balaban J connectivity index is 1.79. The SMILES string of the molecule is Cc1cc(OCC(=O)N/N=C/c2cccnc2)ccc1Br. The average Bonchev–Trinajstić information content (AvgIpc) is 2.49. The Kier molecular flexibility index (Phi) is 5.45. The molecule has 21 heavy (non-hydrogen) atoms. The Bertz CT molecular complexity index is 645. The first-order valence-corrected chi connectivity index (χ1v) is 7.05. The summed E-state index contributed by atoms with van der Waals surface area (Å²) in [5.74, 6) is 0.317. The van der Waals surface area contributed by atoms with Crippen LogP contribution in [0.2, 0.25) is 0 Å². The number of pyridine rings is 1. The Hall–Kier alpha value is -2.21. The largest absolute Gasteiger partial charge is 0.484 e. The van der Waals surface area contributed by atoms with E-state index in [1.165, 1.54) is 6.21 Å². The van der Waals surface area contributed by atoms with Crippen LogP contribution in [0.5, 0.6) is 5.75 Å². The molecule has 1 aromatic carbocycles. The van der Waals surface area contributed by atoms with Gasteiger partial charge in [-0.2, -0.15) is 5.10 Å². The molecule has 0 aliphatic rings. The fourth-order valence-electron chi connectivity index (χ4n) is 1.52. The van der Waals surface area contributed by atoms with Gasteiger partial charge in [-0.1, -0.05) is 22.0 Å². The molecule has 0 saturated heterocycles. The summed E-state index contributed by atoms with van der Waals surface area (Å²) in [5.41, 5.74) is 4.25. The van der Waals surface area contributed by atoms with Crippen LogP contribution in [-0.2, 0) is 4.79 Å². The summed E-state index contributed by atoms with van der Waals surface area (Å²) in [5, 5.41) is 3.83. The number of nitrogens with zero attached hydrogens (tertiary/aromatic N) is 2. The quantitative estimate of drug-likeness (QED) is 0.668. The first-order chi connectivity index (χ1) is 10.1. The van der Waals surface area contributed by atoms with Crippen LogP contribution in [0.1, 0.15) is 11.1 Å². The van der Waals surface area contributed by atoms with Crippen LogP contribution in [-0.4, -0.2) is 23.7 Å². The van der Waals surface area contributed by atoms with Crippen molar-refractivity contribution in [1.29, 1.82) is 0 Å². The minimum absolute atomic E-state index is 0.0918. The van der Waals surface area contributed by atoms with Crippen molar-refractivity contribution in [1.82, 2.24) is 10.4 Å². The highest BCUT2D eigenvalue weighted by Crippen LogP contribution is 2.21. The molecular formula is C15H14BrN3O2. The lowest BCUT2D eigenvalue weighted by Gasteiger charge is -2.06. The van der Waals surface area contributed by atoms with Gasteiger partial charge in [-0.05, 0) is 36.8 Å². The molecule has 5 nitrogen and oxygen atoms in total. The summed E-state index contributed by atoms with van der Waals surface area (Å²) in [7, 11) is 0. The van der Waals surface area contributed by atoms with Crippen molar-refractivity contribution in [2.24, 2.45) is 5.10 Å². The molecule has 6 heteroatoms. The monoisotopic (exact) mass is 347 g/mol. The molecule has 0 unspecified atom stereocenters. The maximum absolute atomic E-state index is 11.6. The van der Waals surface area contributed by atoms with E-state index in [2.05, 4.69) is 31.4 Å². The third-order valence-electron chi connectivity index (χ3n) is 2.59. The topological polar surface area (TPSA) is 63.6 Å². The zero-order chi connectivity index (χ0) is 15.1. The van der Waals surface area contributed by atoms with Gasteiger partial charge in [0, 0.05) is 22.4 Å². The Morgan fingerprint density at radius 1 is 1.48 bits per heavy atom. The summed E-state index contributed by atoms with van der Waals surface area (Å²) in [6, 6.07) is 9.16. The van der Waals surface area contributed by atoms with Crippen LogP contribution in [0, 0.1) is 6.92 Å². The summed E-state index contributed by atoms with van der Waals surface area (Å²) in [6.07, 6.45) is 4.84. The molecule has 0 bridgehead atoms. The van der Waals surface area contributed by atoms with Crippen LogP contribution in [0.15, 0.2) is 52.3 Å². The summed E-state index contributed by atoms with van der Waals surface area (Å²) >= 11 is 3.41. The third kappa shape index (κ3) is 5.00. The molecule has 0 fully saturated rings. The molecule has 0 radical (unpaired) electrons. The molecule has 0 spiro atoms. The van der Waals surface area contributed by atoms with Crippen molar-refractivity contribution in [3.05, 3.63) is 58.3 Å². The van der Waals surface area contributed by atoms with Crippen LogP contribution in [0.4, 0.5) is 0 Å². The highest BCUT2D eigenvalue weighted by atomic mass is 79.9. The molecule has 1 heterocycles. The third-order valence-corrected chi connectivity index (χ3v) is 3.48. The van der Waals surface area contributed by atoms with Gasteiger partial charge in [-0.3, -0.25) is 9.78 Å². The van der Waals surface area contributed by atoms with Gasteiger partial charge in [-0.25, -0.2) is 5.43 Å². The standard InChI is InChI=1S/C15H14BrN3O2/c1-11-7-13(4-5-14(11)16)21-10-15(20)19-18-9-12-3-2-6-17-8-12/h2-9H,10H2,1H3,(H,19,20)/b18-9+. The molecule has 108 valence electrons. The normalized spacial score (nSPS) is 10.6. The number of hydrazone groups is 1. The van der Waals surface area contributed by atoms with Gasteiger partial charge in [0.15, 0.2) is 6.61 Å². The number of ether oxygens (including phenoxy) is 1. The first-order valence-electron chi connectivity index (χ1n) is 6.26. The van der Waals surface area contributed by atoms with Gasteiger partial charge in [0.2, 0.25) is 0 Å². The molecule has 1 N–H and O–H groups in total. The fourth-order valence-corrected chi connectivity index (χ4v) is 1.77. The molecular weight excluding hydrogens is 334 g/mol. The van der Waals surface area contributed by atoms with Crippen LogP contribution in [0.25, 0.3) is 0 Å². The average molecular weight is 348 g/mol. The lowest BCUT2D eigenvalue weighted by Crippen LogP contribution is -2.24. The van der Waals surface area contributed by atoms with Gasteiger partial charge >= 0.3 is 0 Å². The molecule has 0 aliphatic heterocycles.